The summed E-state index contributed by atoms with van der Waals surface area (Å²) in [6.07, 6.45) is 1.30. The molecule has 0 atom stereocenters. The minimum atomic E-state index is -0.0938. The Kier molecular flexibility index (Phi) is 4.23. The lowest BCUT2D eigenvalue weighted by Crippen LogP contribution is -2.39. The molecular formula is C8H18N3O2+. The third-order valence-corrected chi connectivity index (χ3v) is 1.19. The summed E-state index contributed by atoms with van der Waals surface area (Å²) in [7, 11) is 3.04. The summed E-state index contributed by atoms with van der Waals surface area (Å²) in [6.45, 7) is 6.00. The third kappa shape index (κ3) is 5.95. The second-order valence-electron chi connectivity index (χ2n) is 3.64. The van der Waals surface area contributed by atoms with Gasteiger partial charge in [0.1, 0.15) is 0 Å². The van der Waals surface area contributed by atoms with Crippen LogP contribution in [0.5, 0.6) is 0 Å². The molecule has 0 saturated heterocycles. The van der Waals surface area contributed by atoms with Crippen molar-refractivity contribution >= 4 is 0 Å². The van der Waals surface area contributed by atoms with E-state index in [1.807, 2.05) is 20.8 Å². The lowest BCUT2D eigenvalue weighted by Gasteiger charge is -2.22. The number of rotatable bonds is 4. The maximum Gasteiger partial charge on any atom is 0.321 e. The normalized spacial score (nSPS) is 12.2. The quantitative estimate of drug-likeness (QED) is 0.639. The van der Waals surface area contributed by atoms with Crippen molar-refractivity contribution in [2.45, 2.75) is 26.3 Å². The van der Waals surface area contributed by atoms with Gasteiger partial charge in [-0.3, -0.25) is 0 Å². The molecule has 0 spiro atoms. The van der Waals surface area contributed by atoms with Gasteiger partial charge < -0.3 is 10.6 Å². The van der Waals surface area contributed by atoms with Gasteiger partial charge in [-0.1, -0.05) is 0 Å². The van der Waals surface area contributed by atoms with E-state index in [9.17, 15) is 4.91 Å². The van der Waals surface area contributed by atoms with E-state index in [1.54, 1.807) is 7.05 Å². The lowest BCUT2D eigenvalue weighted by atomic mass is 10.1. The van der Waals surface area contributed by atoms with Gasteiger partial charge >= 0.3 is 6.20 Å². The van der Waals surface area contributed by atoms with E-state index in [-0.39, 0.29) is 5.54 Å². The van der Waals surface area contributed by atoms with Gasteiger partial charge in [0.25, 0.3) is 4.92 Å². The van der Waals surface area contributed by atoms with Crippen molar-refractivity contribution in [3.8, 4) is 0 Å². The molecule has 13 heavy (non-hydrogen) atoms. The molecule has 0 aliphatic heterocycles. The van der Waals surface area contributed by atoms with Gasteiger partial charge in [-0.25, -0.2) is 4.84 Å². The largest absolute Gasteiger partial charge is 0.370 e. The molecule has 0 aromatic carbocycles. The standard InChI is InChI=1S/C8H18N3O2/c1-8(2,3)10-7(9-4)6-11(12)13-5/h6,9-10H,1-5H3/q+1/b7-6+. The first-order valence-electron chi connectivity index (χ1n) is 4.07. The predicted octanol–water partition coefficient (Wildman–Crippen LogP) is 0.733. The topological polar surface area (TPSA) is 53.4 Å². The molecule has 5 nitrogen and oxygen atoms in total. The number of hydrogen-bond acceptors (Lipinski definition) is 4. The third-order valence-electron chi connectivity index (χ3n) is 1.19. The van der Waals surface area contributed by atoms with Crippen LogP contribution in [0.3, 0.4) is 0 Å². The van der Waals surface area contributed by atoms with Crippen LogP contribution in [0.25, 0.3) is 0 Å². The van der Waals surface area contributed by atoms with Crippen molar-refractivity contribution in [1.29, 1.82) is 0 Å². The van der Waals surface area contributed by atoms with Crippen molar-refractivity contribution in [2.75, 3.05) is 14.2 Å². The van der Waals surface area contributed by atoms with Crippen LogP contribution in [0.4, 0.5) is 0 Å². The van der Waals surface area contributed by atoms with Gasteiger partial charge in [0, 0.05) is 12.6 Å². The fraction of sp³-hybridized carbons (Fsp3) is 0.750. The molecule has 0 unspecified atom stereocenters. The second-order valence-corrected chi connectivity index (χ2v) is 3.64. The van der Waals surface area contributed by atoms with Crippen molar-refractivity contribution < 1.29 is 9.76 Å². The van der Waals surface area contributed by atoms with Crippen LogP contribution in [-0.2, 0) is 4.84 Å². The summed E-state index contributed by atoms with van der Waals surface area (Å²) in [6, 6.07) is 0. The summed E-state index contributed by atoms with van der Waals surface area (Å²) in [4.78, 5) is 15.6. The van der Waals surface area contributed by atoms with Gasteiger partial charge in [0.2, 0.25) is 0 Å². The Balaban J connectivity index is 4.34. The molecule has 0 fully saturated rings. The smallest absolute Gasteiger partial charge is 0.321 e. The van der Waals surface area contributed by atoms with Gasteiger partial charge in [-0.05, 0) is 20.8 Å². The minimum Gasteiger partial charge on any atom is -0.370 e. The monoisotopic (exact) mass is 188 g/mol. The Morgan fingerprint density at radius 2 is 2.00 bits per heavy atom. The lowest BCUT2D eigenvalue weighted by molar-refractivity contribution is -0.749. The predicted molar refractivity (Wildman–Crippen MR) is 50.7 cm³/mol. The number of nitrogens with zero attached hydrogens (tertiary/aromatic N) is 1. The molecule has 0 rings (SSSR count). The van der Waals surface area contributed by atoms with E-state index in [0.29, 0.717) is 10.7 Å². The highest BCUT2D eigenvalue weighted by Gasteiger charge is 2.14. The fourth-order valence-electron chi connectivity index (χ4n) is 0.721. The van der Waals surface area contributed by atoms with Gasteiger partial charge in [-0.15, -0.1) is 0 Å². The first-order chi connectivity index (χ1) is 5.89. The Morgan fingerprint density at radius 3 is 2.31 bits per heavy atom. The number of nitrogens with one attached hydrogen (secondary N) is 2. The van der Waals surface area contributed by atoms with E-state index in [4.69, 9.17) is 0 Å². The van der Waals surface area contributed by atoms with Crippen LogP contribution in [0, 0.1) is 4.91 Å². The average molecular weight is 188 g/mol. The highest BCUT2D eigenvalue weighted by atomic mass is 16.7. The van der Waals surface area contributed by atoms with Crippen LogP contribution >= 0.6 is 0 Å². The fourth-order valence-corrected chi connectivity index (χ4v) is 0.721. The highest BCUT2D eigenvalue weighted by molar-refractivity contribution is 4.95. The van der Waals surface area contributed by atoms with Gasteiger partial charge in [0.05, 0.1) is 4.91 Å². The molecule has 0 aromatic heterocycles. The highest BCUT2D eigenvalue weighted by Crippen LogP contribution is 2.01. The van der Waals surface area contributed by atoms with Crippen molar-refractivity contribution in [3.63, 3.8) is 0 Å². The SMILES string of the molecule is CN/C(=C\[N+](=O)OC)NC(C)(C)C. The Morgan fingerprint density at radius 1 is 1.46 bits per heavy atom. The van der Waals surface area contributed by atoms with Crippen LogP contribution in [-0.4, -0.2) is 24.6 Å². The summed E-state index contributed by atoms with van der Waals surface area (Å²) >= 11 is 0. The molecule has 5 heteroatoms. The molecule has 0 aromatic rings. The van der Waals surface area contributed by atoms with Crippen LogP contribution in [0.1, 0.15) is 20.8 Å². The summed E-state index contributed by atoms with van der Waals surface area (Å²) in [5.74, 6) is 0.615. The van der Waals surface area contributed by atoms with Gasteiger partial charge in [0.15, 0.2) is 12.9 Å². The molecule has 0 amide bonds. The first kappa shape index (κ1) is 11.7. The molecular weight excluding hydrogens is 170 g/mol. The van der Waals surface area contributed by atoms with E-state index in [0.717, 1.165) is 0 Å². The zero-order valence-corrected chi connectivity index (χ0v) is 8.84. The molecule has 2 N–H and O–H groups in total. The van der Waals surface area contributed by atoms with Crippen LogP contribution < -0.4 is 10.6 Å². The average Bonchev–Trinajstić information content (AvgIpc) is 2.00. The summed E-state index contributed by atoms with van der Waals surface area (Å²) in [5, 5.41) is 5.95. The molecule has 0 saturated carbocycles. The van der Waals surface area contributed by atoms with Crippen molar-refractivity contribution in [3.05, 3.63) is 16.9 Å². The Labute approximate surface area is 78.7 Å². The minimum absolute atomic E-state index is 0.0938. The maximum absolute atomic E-state index is 10.8. The molecule has 0 aliphatic rings. The second kappa shape index (κ2) is 4.69. The molecule has 0 radical (unpaired) electrons. The molecule has 0 bridgehead atoms. The van der Waals surface area contributed by atoms with Crippen molar-refractivity contribution in [2.24, 2.45) is 0 Å². The summed E-state index contributed by atoms with van der Waals surface area (Å²) < 4.78 is 0. The van der Waals surface area contributed by atoms with E-state index in [1.165, 1.54) is 13.3 Å². The maximum atomic E-state index is 10.8. The molecule has 0 aliphatic carbocycles. The van der Waals surface area contributed by atoms with Crippen LogP contribution in [0.2, 0.25) is 0 Å². The molecule has 76 valence electrons. The number of hydrogen-bond donors (Lipinski definition) is 2. The molecule has 0 heterocycles. The van der Waals surface area contributed by atoms with Gasteiger partial charge in [-0.2, -0.15) is 0 Å². The Hall–Kier alpha value is -1.26. The zero-order chi connectivity index (χ0) is 10.5. The first-order valence-corrected chi connectivity index (χ1v) is 4.07. The van der Waals surface area contributed by atoms with E-state index in [2.05, 4.69) is 15.5 Å². The summed E-state index contributed by atoms with van der Waals surface area (Å²) in [5.41, 5.74) is -0.0938. The van der Waals surface area contributed by atoms with E-state index >= 15 is 0 Å². The van der Waals surface area contributed by atoms with Crippen LogP contribution in [0.15, 0.2) is 12.0 Å². The zero-order valence-electron chi connectivity index (χ0n) is 8.84. The Bertz CT molecular complexity index is 206. The van der Waals surface area contributed by atoms with Crippen molar-refractivity contribution in [1.82, 2.24) is 10.6 Å². The van der Waals surface area contributed by atoms with E-state index < -0.39 is 0 Å².